The maximum absolute atomic E-state index is 12.4. The maximum Gasteiger partial charge on any atom is 0.311 e. The van der Waals surface area contributed by atoms with Crippen molar-refractivity contribution in [2.45, 2.75) is 57.6 Å². The van der Waals surface area contributed by atoms with Gasteiger partial charge in [-0.15, -0.1) is 11.8 Å². The number of methoxy groups -OCH3 is 1. The van der Waals surface area contributed by atoms with Crippen LogP contribution < -0.4 is 4.74 Å². The highest BCUT2D eigenvalue weighted by atomic mass is 32.2. The van der Waals surface area contributed by atoms with Crippen LogP contribution in [0.1, 0.15) is 47.2 Å². The summed E-state index contributed by atoms with van der Waals surface area (Å²) in [5.74, 6) is 0.677. The number of ether oxygens (including phenoxy) is 2. The van der Waals surface area contributed by atoms with Crippen molar-refractivity contribution in [3.8, 4) is 5.75 Å². The predicted molar refractivity (Wildman–Crippen MR) is 109 cm³/mol. The van der Waals surface area contributed by atoms with Gasteiger partial charge in [-0.05, 0) is 32.9 Å². The van der Waals surface area contributed by atoms with Crippen molar-refractivity contribution in [1.82, 2.24) is 4.57 Å². The number of fused-ring (bicyclic) bond motifs is 1. The molecule has 1 aromatic carbocycles. The number of carbonyl (C=O) groups is 1. The zero-order valence-corrected chi connectivity index (χ0v) is 18.0. The van der Waals surface area contributed by atoms with Crippen molar-refractivity contribution >= 4 is 28.6 Å². The first-order chi connectivity index (χ1) is 12.0. The van der Waals surface area contributed by atoms with Gasteiger partial charge >= 0.3 is 5.97 Å². The molecule has 5 heteroatoms. The lowest BCUT2D eigenvalue weighted by Crippen LogP contribution is -2.30. The molecule has 2 aromatic rings. The van der Waals surface area contributed by atoms with E-state index in [0.29, 0.717) is 13.0 Å². The molecular formula is C21H31NO3S. The second-order valence-electron chi connectivity index (χ2n) is 8.21. The number of aromatic nitrogens is 1. The molecule has 2 rings (SSSR count). The van der Waals surface area contributed by atoms with Gasteiger partial charge in [0.05, 0.1) is 24.6 Å². The molecule has 0 spiro atoms. The van der Waals surface area contributed by atoms with Gasteiger partial charge in [-0.25, -0.2) is 0 Å². The lowest BCUT2D eigenvalue weighted by molar-refractivity contribution is -0.153. The summed E-state index contributed by atoms with van der Waals surface area (Å²) in [7, 11) is 3.74. The summed E-state index contributed by atoms with van der Waals surface area (Å²) in [5.41, 5.74) is 1.69. The Hall–Kier alpha value is -1.62. The number of benzene rings is 1. The number of aryl methyl sites for hydroxylation is 1. The summed E-state index contributed by atoms with van der Waals surface area (Å²) in [5, 5.41) is 1.20. The van der Waals surface area contributed by atoms with Crippen LogP contribution in [0.4, 0.5) is 0 Å². The third-order valence-corrected chi connectivity index (χ3v) is 5.60. The minimum Gasteiger partial charge on any atom is -0.497 e. The fraction of sp³-hybridized carbons (Fsp3) is 0.571. The third kappa shape index (κ3) is 4.37. The van der Waals surface area contributed by atoms with E-state index < -0.39 is 5.41 Å². The first-order valence-electron chi connectivity index (χ1n) is 9.01. The molecule has 0 saturated heterocycles. The normalized spacial score (nSPS) is 12.5. The molecule has 0 bridgehead atoms. The van der Waals surface area contributed by atoms with Crippen LogP contribution in [0.5, 0.6) is 5.75 Å². The summed E-state index contributed by atoms with van der Waals surface area (Å²) < 4.78 is 13.0. The Morgan fingerprint density at radius 3 is 2.38 bits per heavy atom. The van der Waals surface area contributed by atoms with Crippen molar-refractivity contribution in [1.29, 1.82) is 0 Å². The Labute approximate surface area is 161 Å². The van der Waals surface area contributed by atoms with E-state index in [1.807, 2.05) is 38.6 Å². The molecule has 0 unspecified atom stereocenters. The van der Waals surface area contributed by atoms with Crippen LogP contribution in [0.3, 0.4) is 0 Å². The van der Waals surface area contributed by atoms with Gasteiger partial charge in [-0.1, -0.05) is 20.8 Å². The SMILES string of the molecule is CCOC(=O)C(C)(C)Cc1c(SC(C)(C)C)c2ccc(OC)cc2n1C. The van der Waals surface area contributed by atoms with Gasteiger partial charge < -0.3 is 14.0 Å². The molecule has 1 aromatic heterocycles. The van der Waals surface area contributed by atoms with Gasteiger partial charge in [-0.2, -0.15) is 0 Å². The minimum absolute atomic E-state index is 0.0665. The van der Waals surface area contributed by atoms with Crippen LogP contribution in [0, 0.1) is 5.41 Å². The Morgan fingerprint density at radius 1 is 1.19 bits per heavy atom. The largest absolute Gasteiger partial charge is 0.497 e. The first kappa shape index (κ1) is 20.7. The quantitative estimate of drug-likeness (QED) is 0.512. The van der Waals surface area contributed by atoms with E-state index in [1.165, 1.54) is 10.3 Å². The number of hydrogen-bond acceptors (Lipinski definition) is 4. The molecule has 0 aliphatic heterocycles. The Morgan fingerprint density at radius 2 is 1.85 bits per heavy atom. The highest BCUT2D eigenvalue weighted by Gasteiger charge is 2.33. The second kappa shape index (κ2) is 7.55. The minimum atomic E-state index is -0.588. The Bertz CT molecular complexity index is 800. The van der Waals surface area contributed by atoms with Gasteiger partial charge in [0.2, 0.25) is 0 Å². The topological polar surface area (TPSA) is 40.5 Å². The van der Waals surface area contributed by atoms with E-state index in [4.69, 9.17) is 9.47 Å². The first-order valence-corrected chi connectivity index (χ1v) is 9.83. The number of rotatable bonds is 6. The van der Waals surface area contributed by atoms with Crippen LogP contribution >= 0.6 is 11.8 Å². The molecule has 0 amide bonds. The number of nitrogens with zero attached hydrogens (tertiary/aromatic N) is 1. The highest BCUT2D eigenvalue weighted by Crippen LogP contribution is 2.43. The summed E-state index contributed by atoms with van der Waals surface area (Å²) >= 11 is 1.84. The number of esters is 1. The van der Waals surface area contributed by atoms with E-state index in [1.54, 1.807) is 7.11 Å². The Balaban J connectivity index is 2.60. The van der Waals surface area contributed by atoms with E-state index in [0.717, 1.165) is 17.0 Å². The molecule has 0 saturated carbocycles. The van der Waals surface area contributed by atoms with Gasteiger partial charge in [0, 0.05) is 40.3 Å². The van der Waals surface area contributed by atoms with E-state index in [-0.39, 0.29) is 10.7 Å². The molecule has 1 heterocycles. The average Bonchev–Trinajstić information content (AvgIpc) is 2.78. The highest BCUT2D eigenvalue weighted by molar-refractivity contribution is 8.00. The molecule has 0 N–H and O–H groups in total. The summed E-state index contributed by atoms with van der Waals surface area (Å²) in [6, 6.07) is 6.17. The lowest BCUT2D eigenvalue weighted by Gasteiger charge is -2.25. The van der Waals surface area contributed by atoms with E-state index in [9.17, 15) is 4.79 Å². The van der Waals surface area contributed by atoms with Crippen molar-refractivity contribution in [3.05, 3.63) is 23.9 Å². The average molecular weight is 378 g/mol. The zero-order valence-electron chi connectivity index (χ0n) is 17.2. The van der Waals surface area contributed by atoms with Gasteiger partial charge in [0.1, 0.15) is 5.75 Å². The van der Waals surface area contributed by atoms with E-state index >= 15 is 0 Å². The van der Waals surface area contributed by atoms with Crippen molar-refractivity contribution in [2.24, 2.45) is 12.5 Å². The molecule has 0 aliphatic carbocycles. The fourth-order valence-corrected chi connectivity index (χ4v) is 4.22. The molecule has 0 aliphatic rings. The summed E-state index contributed by atoms with van der Waals surface area (Å²) in [6.45, 7) is 12.8. The van der Waals surface area contributed by atoms with Crippen molar-refractivity contribution in [2.75, 3.05) is 13.7 Å². The summed E-state index contributed by atoms with van der Waals surface area (Å²) in [4.78, 5) is 13.7. The number of thioether (sulfide) groups is 1. The number of hydrogen-bond donors (Lipinski definition) is 0. The number of carbonyl (C=O) groups excluding carboxylic acids is 1. The van der Waals surface area contributed by atoms with E-state index in [2.05, 4.69) is 44.5 Å². The van der Waals surface area contributed by atoms with Gasteiger partial charge in [0.25, 0.3) is 0 Å². The Kier molecular flexibility index (Phi) is 6.01. The lowest BCUT2D eigenvalue weighted by atomic mass is 9.88. The molecule has 26 heavy (non-hydrogen) atoms. The van der Waals surface area contributed by atoms with Crippen LogP contribution in [-0.4, -0.2) is 29.0 Å². The zero-order chi connectivity index (χ0) is 19.7. The standard InChI is InChI=1S/C21H31NO3S/c1-9-25-19(23)21(5,6)13-17-18(26-20(2,3)4)15-11-10-14(24-8)12-16(15)22(17)7/h10-12H,9,13H2,1-8H3. The van der Waals surface area contributed by atoms with Crippen LogP contribution in [0.2, 0.25) is 0 Å². The van der Waals surface area contributed by atoms with Crippen LogP contribution in [0.15, 0.2) is 23.1 Å². The van der Waals surface area contributed by atoms with Gasteiger partial charge in [-0.3, -0.25) is 4.79 Å². The van der Waals surface area contributed by atoms with Gasteiger partial charge in [0.15, 0.2) is 0 Å². The third-order valence-electron chi connectivity index (χ3n) is 4.32. The summed E-state index contributed by atoms with van der Waals surface area (Å²) in [6.07, 6.45) is 0.623. The van der Waals surface area contributed by atoms with Crippen LogP contribution in [-0.2, 0) is 23.0 Å². The smallest absolute Gasteiger partial charge is 0.311 e. The molecule has 0 atom stereocenters. The molecule has 0 radical (unpaired) electrons. The predicted octanol–water partition coefficient (Wildman–Crippen LogP) is 5.21. The van der Waals surface area contributed by atoms with Crippen molar-refractivity contribution < 1.29 is 14.3 Å². The molecule has 144 valence electrons. The second-order valence-corrected chi connectivity index (χ2v) is 10.1. The maximum atomic E-state index is 12.4. The molecule has 4 nitrogen and oxygen atoms in total. The fourth-order valence-electron chi connectivity index (χ4n) is 3.00. The van der Waals surface area contributed by atoms with Crippen LogP contribution in [0.25, 0.3) is 10.9 Å². The molecule has 0 fully saturated rings. The van der Waals surface area contributed by atoms with Crippen molar-refractivity contribution in [3.63, 3.8) is 0 Å². The molecular weight excluding hydrogens is 346 g/mol. The monoisotopic (exact) mass is 377 g/mol.